The van der Waals surface area contributed by atoms with Gasteiger partial charge in [0.25, 0.3) is 0 Å². The summed E-state index contributed by atoms with van der Waals surface area (Å²) in [6, 6.07) is 5.92. The molecule has 22 heavy (non-hydrogen) atoms. The summed E-state index contributed by atoms with van der Waals surface area (Å²) in [4.78, 5) is 2.26. The lowest BCUT2D eigenvalue weighted by atomic mass is 10.1. The number of fused-ring (bicyclic) bond motifs is 1. The van der Waals surface area contributed by atoms with Crippen LogP contribution in [0, 0.1) is 0 Å². The first-order chi connectivity index (χ1) is 10.6. The van der Waals surface area contributed by atoms with Crippen LogP contribution in [0.1, 0.15) is 24.0 Å². The summed E-state index contributed by atoms with van der Waals surface area (Å²) in [5.74, 6) is 0.168. The molecular formula is C16H24N2O3S. The lowest BCUT2D eigenvalue weighted by Gasteiger charge is -2.26. The highest BCUT2D eigenvalue weighted by Gasteiger charge is 2.16. The van der Waals surface area contributed by atoms with Gasteiger partial charge in [-0.3, -0.25) is 9.62 Å². The molecule has 1 N–H and O–H groups in total. The molecule has 0 saturated carbocycles. The molecule has 1 aliphatic heterocycles. The number of benzene rings is 1. The Labute approximate surface area is 132 Å². The smallest absolute Gasteiger partial charge is 0.232 e. The van der Waals surface area contributed by atoms with E-state index in [2.05, 4.69) is 9.62 Å². The minimum absolute atomic E-state index is 0.168. The zero-order valence-electron chi connectivity index (χ0n) is 12.9. The zero-order valence-corrected chi connectivity index (χ0v) is 13.7. The maximum absolute atomic E-state index is 12.2. The van der Waals surface area contributed by atoms with E-state index in [4.69, 9.17) is 4.74 Å². The number of sulfonamides is 1. The molecule has 1 fully saturated rings. The molecule has 5 nitrogen and oxygen atoms in total. The first-order valence-corrected chi connectivity index (χ1v) is 9.70. The average molecular weight is 324 g/mol. The molecule has 0 radical (unpaired) electrons. The Morgan fingerprint density at radius 2 is 1.91 bits per heavy atom. The van der Waals surface area contributed by atoms with E-state index in [0.717, 1.165) is 45.7 Å². The van der Waals surface area contributed by atoms with Crippen LogP contribution in [-0.4, -0.2) is 51.9 Å². The minimum Gasteiger partial charge on any atom is -0.379 e. The molecule has 0 bridgehead atoms. The van der Waals surface area contributed by atoms with Crippen LogP contribution in [0.3, 0.4) is 0 Å². The van der Waals surface area contributed by atoms with Gasteiger partial charge in [0.2, 0.25) is 10.0 Å². The summed E-state index contributed by atoms with van der Waals surface area (Å²) in [6.07, 6.45) is 4.00. The number of nitrogens with zero attached hydrogens (tertiary/aromatic N) is 1. The van der Waals surface area contributed by atoms with Crippen molar-refractivity contribution >= 4 is 15.7 Å². The molecule has 0 unspecified atom stereocenters. The zero-order chi connectivity index (χ0) is 15.4. The van der Waals surface area contributed by atoms with E-state index in [9.17, 15) is 8.42 Å². The van der Waals surface area contributed by atoms with Gasteiger partial charge < -0.3 is 4.74 Å². The van der Waals surface area contributed by atoms with Gasteiger partial charge in [0.1, 0.15) is 0 Å². The summed E-state index contributed by atoms with van der Waals surface area (Å²) in [7, 11) is -3.26. The maximum Gasteiger partial charge on any atom is 0.232 e. The first kappa shape index (κ1) is 15.8. The van der Waals surface area contributed by atoms with E-state index in [0.29, 0.717) is 12.1 Å². The normalized spacial score (nSPS) is 19.1. The summed E-state index contributed by atoms with van der Waals surface area (Å²) in [6.45, 7) is 4.12. The third-order valence-electron chi connectivity index (χ3n) is 4.36. The molecule has 3 rings (SSSR count). The first-order valence-electron chi connectivity index (χ1n) is 8.05. The predicted molar refractivity (Wildman–Crippen MR) is 87.8 cm³/mol. The van der Waals surface area contributed by atoms with Gasteiger partial charge in [-0.25, -0.2) is 8.42 Å². The van der Waals surface area contributed by atoms with E-state index in [-0.39, 0.29) is 5.75 Å². The number of nitrogens with one attached hydrogen (secondary N) is 1. The number of hydrogen-bond donors (Lipinski definition) is 1. The van der Waals surface area contributed by atoms with Crippen LogP contribution < -0.4 is 4.72 Å². The van der Waals surface area contributed by atoms with Crippen molar-refractivity contribution in [3.05, 3.63) is 29.3 Å². The van der Waals surface area contributed by atoms with Crippen LogP contribution in [0.25, 0.3) is 0 Å². The van der Waals surface area contributed by atoms with E-state index in [1.807, 2.05) is 18.2 Å². The lowest BCUT2D eigenvalue weighted by Crippen LogP contribution is -2.37. The van der Waals surface area contributed by atoms with Crippen LogP contribution in [-0.2, 0) is 27.6 Å². The number of aryl methyl sites for hydroxylation is 2. The Morgan fingerprint density at radius 1 is 1.14 bits per heavy atom. The fourth-order valence-corrected chi connectivity index (χ4v) is 4.27. The third kappa shape index (κ3) is 4.21. The standard InChI is InChI=1S/C16H24N2O3S/c19-22(20,12-2-7-18-8-10-21-11-9-18)17-16-6-5-14-3-1-4-15(14)13-16/h5-6,13,17H,1-4,7-12H2. The van der Waals surface area contributed by atoms with Gasteiger partial charge in [-0.2, -0.15) is 0 Å². The molecule has 0 amide bonds. The second-order valence-corrected chi connectivity index (χ2v) is 7.91. The number of morpholine rings is 1. The molecule has 1 saturated heterocycles. The Hall–Kier alpha value is -1.11. The second kappa shape index (κ2) is 6.98. The molecule has 0 aromatic heterocycles. The Bertz CT molecular complexity index is 610. The van der Waals surface area contributed by atoms with Crippen molar-refractivity contribution in [2.75, 3.05) is 43.3 Å². The third-order valence-corrected chi connectivity index (χ3v) is 5.74. The van der Waals surface area contributed by atoms with Crippen molar-refractivity contribution in [3.63, 3.8) is 0 Å². The van der Waals surface area contributed by atoms with Crippen LogP contribution in [0.15, 0.2) is 18.2 Å². The Kier molecular flexibility index (Phi) is 5.00. The highest BCUT2D eigenvalue weighted by Crippen LogP contribution is 2.25. The number of anilines is 1. The van der Waals surface area contributed by atoms with Gasteiger partial charge in [-0.1, -0.05) is 6.07 Å². The SMILES string of the molecule is O=S(=O)(CCCN1CCOCC1)Nc1ccc2c(c1)CCC2. The predicted octanol–water partition coefficient (Wildman–Crippen LogP) is 1.64. The monoisotopic (exact) mass is 324 g/mol. The Balaban J connectivity index is 1.50. The van der Waals surface area contributed by atoms with Crippen LogP contribution in [0.2, 0.25) is 0 Å². The second-order valence-electron chi connectivity index (χ2n) is 6.07. The largest absolute Gasteiger partial charge is 0.379 e. The fourth-order valence-electron chi connectivity index (χ4n) is 3.17. The van der Waals surface area contributed by atoms with E-state index in [1.54, 1.807) is 0 Å². The molecule has 0 atom stereocenters. The molecule has 0 spiro atoms. The van der Waals surface area contributed by atoms with Crippen molar-refractivity contribution in [1.82, 2.24) is 4.90 Å². The van der Waals surface area contributed by atoms with Crippen LogP contribution >= 0.6 is 0 Å². The topological polar surface area (TPSA) is 58.6 Å². The molecule has 1 aliphatic carbocycles. The van der Waals surface area contributed by atoms with Gasteiger partial charge in [0.15, 0.2) is 0 Å². The van der Waals surface area contributed by atoms with Crippen molar-refractivity contribution in [1.29, 1.82) is 0 Å². The number of ether oxygens (including phenoxy) is 1. The van der Waals surface area contributed by atoms with E-state index >= 15 is 0 Å². The summed E-state index contributed by atoms with van der Waals surface area (Å²) < 4.78 is 32.4. The number of rotatable bonds is 6. The minimum atomic E-state index is -3.26. The summed E-state index contributed by atoms with van der Waals surface area (Å²) in [5.41, 5.74) is 3.34. The van der Waals surface area contributed by atoms with Crippen LogP contribution in [0.5, 0.6) is 0 Å². The lowest BCUT2D eigenvalue weighted by molar-refractivity contribution is 0.0381. The van der Waals surface area contributed by atoms with Crippen LogP contribution in [0.4, 0.5) is 5.69 Å². The molecule has 1 heterocycles. The van der Waals surface area contributed by atoms with Gasteiger partial charge >= 0.3 is 0 Å². The van der Waals surface area contributed by atoms with Crippen molar-refractivity contribution in [3.8, 4) is 0 Å². The van der Waals surface area contributed by atoms with Gasteiger partial charge in [0.05, 0.1) is 19.0 Å². The van der Waals surface area contributed by atoms with Crippen molar-refractivity contribution in [2.24, 2.45) is 0 Å². The van der Waals surface area contributed by atoms with Gasteiger partial charge in [-0.05, 0) is 55.5 Å². The quantitative estimate of drug-likeness (QED) is 0.864. The highest BCUT2D eigenvalue weighted by molar-refractivity contribution is 7.92. The number of hydrogen-bond acceptors (Lipinski definition) is 4. The average Bonchev–Trinajstić information content (AvgIpc) is 2.95. The van der Waals surface area contributed by atoms with Crippen molar-refractivity contribution < 1.29 is 13.2 Å². The summed E-state index contributed by atoms with van der Waals surface area (Å²) >= 11 is 0. The highest BCUT2D eigenvalue weighted by atomic mass is 32.2. The molecule has 122 valence electrons. The molecule has 1 aromatic rings. The van der Waals surface area contributed by atoms with Gasteiger partial charge in [-0.15, -0.1) is 0 Å². The molecule has 1 aromatic carbocycles. The maximum atomic E-state index is 12.2. The molecular weight excluding hydrogens is 300 g/mol. The van der Waals surface area contributed by atoms with E-state index in [1.165, 1.54) is 17.5 Å². The van der Waals surface area contributed by atoms with Crippen molar-refractivity contribution in [2.45, 2.75) is 25.7 Å². The Morgan fingerprint density at radius 3 is 2.73 bits per heavy atom. The summed E-state index contributed by atoms with van der Waals surface area (Å²) in [5, 5.41) is 0. The molecule has 2 aliphatic rings. The molecule has 6 heteroatoms. The fraction of sp³-hybridized carbons (Fsp3) is 0.625. The van der Waals surface area contributed by atoms with Gasteiger partial charge in [0, 0.05) is 18.8 Å². The van der Waals surface area contributed by atoms with E-state index < -0.39 is 10.0 Å².